The molecule has 20 heteroatoms. The number of piperazine rings is 1. The van der Waals surface area contributed by atoms with Gasteiger partial charge < -0.3 is 38.8 Å². The van der Waals surface area contributed by atoms with Gasteiger partial charge in [0.1, 0.15) is 25.2 Å². The maximum Gasteiger partial charge on any atom is 0.416 e. The van der Waals surface area contributed by atoms with E-state index in [-0.39, 0.29) is 90.7 Å². The smallest absolute Gasteiger partial charge is 0.416 e. The molecule has 6 heterocycles. The normalized spacial score (nSPS) is 15.4. The third-order valence-electron chi connectivity index (χ3n) is 11.6. The molecular weight excluding hydrogens is 857 g/mol. The van der Waals surface area contributed by atoms with Crippen molar-refractivity contribution in [3.63, 3.8) is 0 Å². The Morgan fingerprint density at radius 3 is 2.44 bits per heavy atom. The third kappa shape index (κ3) is 8.33. The Labute approximate surface area is 369 Å². The second-order valence-electron chi connectivity index (χ2n) is 15.6. The molecule has 3 aliphatic rings. The lowest BCUT2D eigenvalue weighted by Crippen LogP contribution is -2.52. The largest absolute Gasteiger partial charge is 0.483 e. The number of benzene rings is 3. The van der Waals surface area contributed by atoms with Gasteiger partial charge in [-0.25, -0.2) is 9.97 Å². The van der Waals surface area contributed by atoms with E-state index >= 15 is 0 Å². The van der Waals surface area contributed by atoms with Crippen molar-refractivity contribution in [1.29, 1.82) is 0 Å². The highest BCUT2D eigenvalue weighted by Gasteiger charge is 2.36. The molecule has 3 aromatic heterocycles. The maximum atomic E-state index is 14.6. The fourth-order valence-electron chi connectivity index (χ4n) is 8.14. The van der Waals surface area contributed by atoms with Crippen LogP contribution in [0.5, 0.6) is 5.75 Å². The summed E-state index contributed by atoms with van der Waals surface area (Å²) in [6.45, 7) is 4.56. The highest BCUT2D eigenvalue weighted by atomic mass is 35.5. The van der Waals surface area contributed by atoms with E-state index < -0.39 is 29.8 Å². The maximum absolute atomic E-state index is 14.6. The Kier molecular flexibility index (Phi) is 11.7. The molecule has 1 N–H and O–H groups in total. The van der Waals surface area contributed by atoms with Crippen LogP contribution in [0.1, 0.15) is 45.4 Å². The molecular formula is C44H42ClF3N10O6. The minimum absolute atomic E-state index is 0.0195. The first kappa shape index (κ1) is 42.7. The first-order valence-electron chi connectivity index (χ1n) is 20.6. The monoisotopic (exact) mass is 898 g/mol. The van der Waals surface area contributed by atoms with Gasteiger partial charge >= 0.3 is 6.18 Å². The first-order chi connectivity index (χ1) is 30.9. The van der Waals surface area contributed by atoms with E-state index in [0.29, 0.717) is 43.4 Å². The Morgan fingerprint density at radius 1 is 0.953 bits per heavy atom. The van der Waals surface area contributed by atoms with E-state index in [1.807, 2.05) is 65.3 Å². The number of alkyl halides is 3. The molecule has 6 aromatic rings. The van der Waals surface area contributed by atoms with Crippen LogP contribution in [0.25, 0.3) is 17.2 Å². The molecule has 3 aromatic carbocycles. The Morgan fingerprint density at radius 2 is 1.72 bits per heavy atom. The zero-order chi connectivity index (χ0) is 44.7. The fraction of sp³-hybridized carbons (Fsp3) is 0.341. The molecule has 332 valence electrons. The number of anilines is 3. The molecule has 0 bridgehead atoms. The SMILES string of the molecule is CCc1c(N2CCN(C(=O)c3ncnc(N4CC(OC)C4)c3OCc3ccccc3)CC2)c(=O)n2nc(-c3ccc4c(c3)COC4)nc2n1CC(=O)Nc1ccc(C(F)(F)F)cc1Cl. The number of aromatic nitrogens is 6. The fourth-order valence-corrected chi connectivity index (χ4v) is 8.36. The van der Waals surface area contributed by atoms with Crippen molar-refractivity contribution < 1.29 is 37.0 Å². The van der Waals surface area contributed by atoms with Crippen molar-refractivity contribution in [3.05, 3.63) is 122 Å². The van der Waals surface area contributed by atoms with Crippen LogP contribution in [0.15, 0.2) is 77.9 Å². The molecule has 2 amide bonds. The van der Waals surface area contributed by atoms with Crippen LogP contribution in [-0.2, 0) is 53.2 Å². The quantitative estimate of drug-likeness (QED) is 0.162. The van der Waals surface area contributed by atoms with E-state index in [1.54, 1.807) is 16.6 Å². The second kappa shape index (κ2) is 17.5. The summed E-state index contributed by atoms with van der Waals surface area (Å²) < 4.78 is 60.2. The number of carbonyl (C=O) groups is 2. The number of hydrogen-bond donors (Lipinski definition) is 1. The lowest BCUT2D eigenvalue weighted by molar-refractivity contribution is -0.137. The average Bonchev–Trinajstić information content (AvgIpc) is 3.95. The summed E-state index contributed by atoms with van der Waals surface area (Å²) in [5, 5.41) is 6.98. The van der Waals surface area contributed by atoms with Gasteiger partial charge in [0.25, 0.3) is 11.5 Å². The molecule has 0 aliphatic carbocycles. The minimum Gasteiger partial charge on any atom is -0.483 e. The van der Waals surface area contributed by atoms with Crippen molar-refractivity contribution in [1.82, 2.24) is 34.0 Å². The molecule has 0 saturated carbocycles. The number of carbonyl (C=O) groups excluding carboxylic acids is 2. The first-order valence-corrected chi connectivity index (χ1v) is 21.0. The minimum atomic E-state index is -4.63. The van der Waals surface area contributed by atoms with Crippen molar-refractivity contribution in [3.8, 4) is 17.1 Å². The number of rotatable bonds is 12. The van der Waals surface area contributed by atoms with E-state index in [0.717, 1.165) is 39.4 Å². The molecule has 0 radical (unpaired) electrons. The number of methoxy groups -OCH3 is 1. The summed E-state index contributed by atoms with van der Waals surface area (Å²) in [7, 11) is 1.65. The van der Waals surface area contributed by atoms with E-state index in [9.17, 15) is 27.6 Å². The van der Waals surface area contributed by atoms with Gasteiger partial charge in [-0.2, -0.15) is 22.7 Å². The van der Waals surface area contributed by atoms with Crippen LogP contribution in [0.3, 0.4) is 0 Å². The summed E-state index contributed by atoms with van der Waals surface area (Å²) in [4.78, 5) is 61.9. The van der Waals surface area contributed by atoms with Crippen LogP contribution < -0.4 is 25.4 Å². The predicted octanol–water partition coefficient (Wildman–Crippen LogP) is 5.63. The molecule has 2 fully saturated rings. The second-order valence-corrected chi connectivity index (χ2v) is 16.0. The third-order valence-corrected chi connectivity index (χ3v) is 11.9. The molecule has 0 atom stereocenters. The van der Waals surface area contributed by atoms with Gasteiger partial charge in [0.2, 0.25) is 11.7 Å². The summed E-state index contributed by atoms with van der Waals surface area (Å²) in [6.07, 6.45) is -2.98. The van der Waals surface area contributed by atoms with Crippen LogP contribution in [0, 0.1) is 0 Å². The summed E-state index contributed by atoms with van der Waals surface area (Å²) in [6, 6.07) is 17.9. The van der Waals surface area contributed by atoms with Gasteiger partial charge in [-0.05, 0) is 47.4 Å². The highest BCUT2D eigenvalue weighted by Crippen LogP contribution is 2.36. The van der Waals surface area contributed by atoms with Crippen molar-refractivity contribution >= 4 is 46.4 Å². The standard InChI is InChI=1S/C44H42ClF3N10O6/c1-3-34-37(54-13-15-55(16-14-54)41(60)36-38(64-22-26-7-5-4-6-8-26)40(50-25-49-36)56-19-31(20-56)62-2)42(61)58-43(52-39(53-58)27-9-10-28-23-63-24-29(28)17-27)57(34)21-35(59)51-33-12-11-30(18-32(33)45)44(46,47)48/h4-12,17-18,25,31H,3,13-16,19-24H2,1-2H3,(H,51,59). The lowest BCUT2D eigenvalue weighted by atomic mass is 10.1. The van der Waals surface area contributed by atoms with Crippen LogP contribution in [0.2, 0.25) is 5.02 Å². The van der Waals surface area contributed by atoms with Crippen molar-refractivity contribution in [2.24, 2.45) is 0 Å². The lowest BCUT2D eigenvalue weighted by Gasteiger charge is -2.40. The van der Waals surface area contributed by atoms with Crippen molar-refractivity contribution in [2.45, 2.75) is 52.0 Å². The number of fused-ring (bicyclic) bond motifs is 2. The predicted molar refractivity (Wildman–Crippen MR) is 230 cm³/mol. The highest BCUT2D eigenvalue weighted by molar-refractivity contribution is 6.33. The van der Waals surface area contributed by atoms with Crippen molar-refractivity contribution in [2.75, 3.05) is 61.5 Å². The Balaban J connectivity index is 1.02. The average molecular weight is 899 g/mol. The summed E-state index contributed by atoms with van der Waals surface area (Å²) in [5.41, 5.74) is 2.93. The number of halogens is 4. The zero-order valence-electron chi connectivity index (χ0n) is 34.8. The number of nitrogens with zero attached hydrogens (tertiary/aromatic N) is 9. The molecule has 64 heavy (non-hydrogen) atoms. The van der Waals surface area contributed by atoms with E-state index in [1.165, 1.54) is 6.33 Å². The number of hydrogen-bond acceptors (Lipinski definition) is 12. The van der Waals surface area contributed by atoms with Gasteiger partial charge in [-0.15, -0.1) is 5.10 Å². The Hall–Kier alpha value is -6.57. The number of ether oxygens (including phenoxy) is 3. The zero-order valence-corrected chi connectivity index (χ0v) is 35.5. The van der Waals surface area contributed by atoms with E-state index in [2.05, 4.69) is 20.4 Å². The molecule has 2 saturated heterocycles. The summed E-state index contributed by atoms with van der Waals surface area (Å²) in [5.74, 6) is 0.0932. The topological polar surface area (TPSA) is 162 Å². The molecule has 3 aliphatic heterocycles. The van der Waals surface area contributed by atoms with Gasteiger partial charge in [0.15, 0.2) is 23.1 Å². The summed E-state index contributed by atoms with van der Waals surface area (Å²) >= 11 is 6.21. The Bertz CT molecular complexity index is 2810. The van der Waals surface area contributed by atoms with Gasteiger partial charge in [0.05, 0.1) is 41.3 Å². The number of nitrogens with one attached hydrogen (secondary N) is 1. The molecule has 0 spiro atoms. The number of amides is 2. The van der Waals surface area contributed by atoms with Crippen LogP contribution in [-0.4, -0.2) is 98.3 Å². The van der Waals surface area contributed by atoms with Gasteiger partial charge in [-0.1, -0.05) is 61.0 Å². The van der Waals surface area contributed by atoms with Crippen LogP contribution in [0.4, 0.5) is 30.4 Å². The molecule has 16 nitrogen and oxygen atoms in total. The van der Waals surface area contributed by atoms with Gasteiger partial charge in [0, 0.05) is 51.9 Å². The molecule has 0 unspecified atom stereocenters. The van der Waals surface area contributed by atoms with E-state index in [4.69, 9.17) is 30.8 Å². The molecule has 9 rings (SSSR count). The van der Waals surface area contributed by atoms with Crippen LogP contribution >= 0.6 is 11.6 Å². The van der Waals surface area contributed by atoms with Gasteiger partial charge in [-0.3, -0.25) is 14.4 Å².